The molecule has 0 fully saturated rings. The summed E-state index contributed by atoms with van der Waals surface area (Å²) in [5.41, 5.74) is 1.76. The fourth-order valence-corrected chi connectivity index (χ4v) is 6.83. The molecule has 1 N–H and O–H groups in total. The number of methoxy groups -OCH3 is 1. The monoisotopic (exact) mass is 587 g/mol. The summed E-state index contributed by atoms with van der Waals surface area (Å²) in [5.74, 6) is -0.954. The molecule has 4 atom stereocenters. The van der Waals surface area contributed by atoms with Gasteiger partial charge < -0.3 is 14.6 Å². The maximum atomic E-state index is 13.3. The van der Waals surface area contributed by atoms with Gasteiger partial charge in [-0.15, -0.1) is 0 Å². The van der Waals surface area contributed by atoms with Gasteiger partial charge in [0.1, 0.15) is 12.2 Å². The number of esters is 1. The normalized spacial score (nSPS) is 15.4. The van der Waals surface area contributed by atoms with Gasteiger partial charge in [0.05, 0.1) is 12.3 Å². The number of benzene rings is 3. The number of nitrogens with zero attached hydrogens (tertiary/aromatic N) is 1. The first-order chi connectivity index (χ1) is 19.0. The third-order valence-corrected chi connectivity index (χ3v) is 10.9. The Balaban J connectivity index is 1.97. The molecule has 3 aromatic rings. The summed E-state index contributed by atoms with van der Waals surface area (Å²) in [6, 6.07) is 24.8. The Morgan fingerprint density at radius 1 is 0.900 bits per heavy atom. The molecule has 3 aromatic carbocycles. The van der Waals surface area contributed by atoms with Crippen molar-refractivity contribution in [3.05, 3.63) is 114 Å². The van der Waals surface area contributed by atoms with Gasteiger partial charge in [0.25, 0.3) is 8.87 Å². The minimum absolute atomic E-state index is 0.283. The molecule has 0 saturated carbocycles. The number of carbonyl (C=O) groups is 1. The van der Waals surface area contributed by atoms with Crippen molar-refractivity contribution in [3.8, 4) is 0 Å². The van der Waals surface area contributed by atoms with E-state index in [0.717, 1.165) is 9.87 Å². The Hall–Kier alpha value is -3.35. The second kappa shape index (κ2) is 13.8. The number of ether oxygens (including phenoxy) is 2. The SMILES string of the molecule is CO[C@H](C(=O)O[C@@H](c1ccccc1)[C@@H](C)N(Cc1ccccc1)S(=O)(=O)S(C)(=O)=O)[C@H](O)/C=C/c1ccccc1. The van der Waals surface area contributed by atoms with E-state index in [1.807, 2.05) is 30.3 Å². The first kappa shape index (κ1) is 31.2. The predicted octanol–water partition coefficient (Wildman–Crippen LogP) is 3.54. The summed E-state index contributed by atoms with van der Waals surface area (Å²) in [6.45, 7) is 1.18. The molecule has 214 valence electrons. The lowest BCUT2D eigenvalue weighted by Gasteiger charge is -2.34. The number of aliphatic hydroxyl groups is 1. The van der Waals surface area contributed by atoms with Crippen molar-refractivity contribution in [2.75, 3.05) is 13.4 Å². The van der Waals surface area contributed by atoms with E-state index in [1.165, 1.54) is 20.1 Å². The van der Waals surface area contributed by atoms with E-state index in [4.69, 9.17) is 9.47 Å². The van der Waals surface area contributed by atoms with E-state index in [0.29, 0.717) is 17.4 Å². The lowest BCUT2D eigenvalue weighted by Crippen LogP contribution is -2.46. The minimum atomic E-state index is -4.88. The van der Waals surface area contributed by atoms with E-state index in [-0.39, 0.29) is 6.54 Å². The van der Waals surface area contributed by atoms with Crippen LogP contribution in [0, 0.1) is 0 Å². The highest BCUT2D eigenvalue weighted by Crippen LogP contribution is 2.30. The van der Waals surface area contributed by atoms with Crippen molar-refractivity contribution >= 4 is 30.0 Å². The zero-order valence-corrected chi connectivity index (χ0v) is 24.0. The molecule has 40 heavy (non-hydrogen) atoms. The van der Waals surface area contributed by atoms with Crippen molar-refractivity contribution in [1.82, 2.24) is 4.31 Å². The van der Waals surface area contributed by atoms with Crippen LogP contribution in [0.1, 0.15) is 29.7 Å². The summed E-state index contributed by atoms with van der Waals surface area (Å²) in [6.07, 6.45) is -0.426. The third-order valence-electron chi connectivity index (χ3n) is 6.20. The Kier molecular flexibility index (Phi) is 10.8. The van der Waals surface area contributed by atoms with Crippen LogP contribution in [0.4, 0.5) is 0 Å². The van der Waals surface area contributed by atoms with Gasteiger partial charge in [0.15, 0.2) is 6.10 Å². The summed E-state index contributed by atoms with van der Waals surface area (Å²) >= 11 is 0. The lowest BCUT2D eigenvalue weighted by molar-refractivity contribution is -0.168. The fourth-order valence-electron chi connectivity index (χ4n) is 4.04. The number of hydrogen-bond acceptors (Lipinski definition) is 8. The third kappa shape index (κ3) is 7.86. The molecule has 0 amide bonds. The highest BCUT2D eigenvalue weighted by Gasteiger charge is 2.41. The number of hydrogen-bond donors (Lipinski definition) is 1. The van der Waals surface area contributed by atoms with Crippen LogP contribution >= 0.6 is 0 Å². The number of aliphatic hydroxyl groups excluding tert-OH is 1. The molecule has 0 aliphatic heterocycles. The Labute approximate surface area is 235 Å². The summed E-state index contributed by atoms with van der Waals surface area (Å²) in [4.78, 5) is 13.3. The van der Waals surface area contributed by atoms with Crippen LogP contribution in [-0.4, -0.2) is 63.8 Å². The highest BCUT2D eigenvalue weighted by molar-refractivity contribution is 8.66. The highest BCUT2D eigenvalue weighted by atomic mass is 33.2. The van der Waals surface area contributed by atoms with Crippen molar-refractivity contribution in [3.63, 3.8) is 0 Å². The van der Waals surface area contributed by atoms with Gasteiger partial charge in [0.2, 0.25) is 0 Å². The van der Waals surface area contributed by atoms with E-state index < -0.39 is 48.2 Å². The smallest absolute Gasteiger partial charge is 0.338 e. The van der Waals surface area contributed by atoms with Crippen molar-refractivity contribution in [2.45, 2.75) is 37.8 Å². The molecule has 0 saturated heterocycles. The van der Waals surface area contributed by atoms with Crippen LogP contribution in [0.2, 0.25) is 0 Å². The minimum Gasteiger partial charge on any atom is -0.454 e. The average Bonchev–Trinajstić information content (AvgIpc) is 2.94. The van der Waals surface area contributed by atoms with Gasteiger partial charge >= 0.3 is 15.0 Å². The maximum Gasteiger partial charge on any atom is 0.338 e. The molecular formula is C29H33NO8S2. The molecule has 0 unspecified atom stereocenters. The Morgan fingerprint density at radius 3 is 1.95 bits per heavy atom. The van der Waals surface area contributed by atoms with Crippen molar-refractivity contribution < 1.29 is 36.2 Å². The maximum absolute atomic E-state index is 13.3. The van der Waals surface area contributed by atoms with Gasteiger partial charge in [-0.25, -0.2) is 13.2 Å². The molecule has 0 aliphatic carbocycles. The topological polar surface area (TPSA) is 127 Å². The molecule has 0 bridgehead atoms. The Bertz CT molecular complexity index is 1480. The van der Waals surface area contributed by atoms with E-state index >= 15 is 0 Å². The van der Waals surface area contributed by atoms with Gasteiger partial charge in [0, 0.05) is 13.7 Å². The average molecular weight is 588 g/mol. The van der Waals surface area contributed by atoms with E-state index in [2.05, 4.69) is 0 Å². The molecule has 3 rings (SSSR count). The van der Waals surface area contributed by atoms with Crippen molar-refractivity contribution in [2.24, 2.45) is 0 Å². The first-order valence-electron chi connectivity index (χ1n) is 12.4. The van der Waals surface area contributed by atoms with Crippen LogP contribution in [0.5, 0.6) is 0 Å². The van der Waals surface area contributed by atoms with E-state index in [1.54, 1.807) is 66.7 Å². The fraction of sp³-hybridized carbons (Fsp3) is 0.276. The largest absolute Gasteiger partial charge is 0.454 e. The zero-order chi connectivity index (χ0) is 29.3. The lowest BCUT2D eigenvalue weighted by atomic mass is 10.0. The quantitative estimate of drug-likeness (QED) is 0.238. The standard InChI is InChI=1S/C29H33NO8S2/c1-22(30(40(35,36)39(3,33)34)21-24-15-9-5-10-16-24)27(25-17-11-6-12-18-25)38-29(32)28(37-2)26(31)20-19-23-13-7-4-8-14-23/h4-20,22,26-28,31H,21H2,1-3H3/b20-19+/t22-,26-,27-,28+/m1/s1. The Morgan fingerprint density at radius 2 is 1.43 bits per heavy atom. The van der Waals surface area contributed by atoms with Gasteiger partial charge in [-0.2, -0.15) is 12.7 Å². The molecule has 0 radical (unpaired) electrons. The van der Waals surface area contributed by atoms with E-state index in [9.17, 15) is 26.7 Å². The van der Waals surface area contributed by atoms with Gasteiger partial charge in [-0.3, -0.25) is 0 Å². The van der Waals surface area contributed by atoms with Crippen LogP contribution in [0.25, 0.3) is 6.08 Å². The van der Waals surface area contributed by atoms with Crippen LogP contribution in [0.3, 0.4) is 0 Å². The second-order valence-corrected chi connectivity index (χ2v) is 14.9. The van der Waals surface area contributed by atoms with Crippen LogP contribution in [-0.2, 0) is 38.7 Å². The van der Waals surface area contributed by atoms with Crippen LogP contribution in [0.15, 0.2) is 97.1 Å². The predicted molar refractivity (Wildman–Crippen MR) is 153 cm³/mol. The van der Waals surface area contributed by atoms with Crippen molar-refractivity contribution in [1.29, 1.82) is 0 Å². The molecule has 11 heteroatoms. The summed E-state index contributed by atoms with van der Waals surface area (Å²) in [7, 11) is -8.24. The number of rotatable bonds is 13. The second-order valence-electron chi connectivity index (χ2n) is 9.12. The molecular weight excluding hydrogens is 554 g/mol. The van der Waals surface area contributed by atoms with Crippen LogP contribution < -0.4 is 0 Å². The molecule has 0 heterocycles. The van der Waals surface area contributed by atoms with Gasteiger partial charge in [-0.1, -0.05) is 103 Å². The zero-order valence-electron chi connectivity index (χ0n) is 22.4. The van der Waals surface area contributed by atoms with Gasteiger partial charge in [-0.05, 0) is 23.6 Å². The molecule has 0 aliphatic rings. The summed E-state index contributed by atoms with van der Waals surface area (Å²) in [5, 5.41) is 10.7. The summed E-state index contributed by atoms with van der Waals surface area (Å²) < 4.78 is 63.2. The first-order valence-corrected chi connectivity index (χ1v) is 16.3. The number of carbonyl (C=O) groups excluding carboxylic acids is 1. The molecule has 0 spiro atoms. The molecule has 9 nitrogen and oxygen atoms in total. The molecule has 0 aromatic heterocycles.